The van der Waals surface area contributed by atoms with E-state index < -0.39 is 0 Å². The molecule has 2 saturated heterocycles. The van der Waals surface area contributed by atoms with Crippen LogP contribution in [0.25, 0.3) is 22.0 Å². The molecule has 2 aliphatic heterocycles. The van der Waals surface area contributed by atoms with Gasteiger partial charge in [0.25, 0.3) is 0 Å². The van der Waals surface area contributed by atoms with E-state index >= 15 is 0 Å². The summed E-state index contributed by atoms with van der Waals surface area (Å²) in [6, 6.07) is 7.11. The summed E-state index contributed by atoms with van der Waals surface area (Å²) in [4.78, 5) is 4.23. The van der Waals surface area contributed by atoms with E-state index in [1.165, 1.54) is 6.07 Å². The molecule has 0 spiro atoms. The molecule has 6 rings (SSSR count). The molecule has 4 heterocycles. The van der Waals surface area contributed by atoms with Crippen molar-refractivity contribution in [3.8, 4) is 17.0 Å². The quantitative estimate of drug-likeness (QED) is 0.750. The zero-order valence-corrected chi connectivity index (χ0v) is 13.9. The van der Waals surface area contributed by atoms with Gasteiger partial charge in [0.2, 0.25) is 0 Å². The Labute approximate surface area is 148 Å². The first kappa shape index (κ1) is 14.9. The summed E-state index contributed by atoms with van der Waals surface area (Å²) >= 11 is 5.93. The lowest BCUT2D eigenvalue weighted by molar-refractivity contribution is -0.0666. The third-order valence-electron chi connectivity index (χ3n) is 4.95. The summed E-state index contributed by atoms with van der Waals surface area (Å²) in [5.74, 6) is 0.770. The fourth-order valence-corrected chi connectivity index (χ4v) is 3.84. The molecule has 25 heavy (non-hydrogen) atoms. The van der Waals surface area contributed by atoms with Gasteiger partial charge in [-0.3, -0.25) is 4.98 Å². The van der Waals surface area contributed by atoms with E-state index in [2.05, 4.69) is 20.5 Å². The molecular weight excluding hydrogens is 340 g/mol. The normalized spacial score (nSPS) is 24.3. The van der Waals surface area contributed by atoms with Gasteiger partial charge in [0.05, 0.1) is 18.2 Å². The number of pyridine rings is 1. The summed E-state index contributed by atoms with van der Waals surface area (Å²) < 4.78 is 5.70. The van der Waals surface area contributed by atoms with Gasteiger partial charge in [-0.15, -0.1) is 10.2 Å². The van der Waals surface area contributed by atoms with Crippen LogP contribution in [0.2, 0.25) is 5.02 Å². The summed E-state index contributed by atoms with van der Waals surface area (Å²) in [7, 11) is 0. The van der Waals surface area contributed by atoms with Crippen molar-refractivity contribution >= 4 is 28.2 Å². The lowest BCUT2D eigenvalue weighted by Gasteiger charge is -2.26. The van der Waals surface area contributed by atoms with E-state index in [0.717, 1.165) is 23.6 Å². The third kappa shape index (κ3) is 2.41. The van der Waals surface area contributed by atoms with Gasteiger partial charge in [0.1, 0.15) is 11.4 Å². The number of nitrogens with zero attached hydrogens (tertiary/aromatic N) is 3. The Kier molecular flexibility index (Phi) is 3.29. The Morgan fingerprint density at radius 2 is 2.04 bits per heavy atom. The van der Waals surface area contributed by atoms with Crippen LogP contribution >= 0.6 is 11.6 Å². The van der Waals surface area contributed by atoms with Crippen molar-refractivity contribution in [3.05, 3.63) is 41.7 Å². The molecule has 1 aromatic carbocycles. The van der Waals surface area contributed by atoms with Gasteiger partial charge in [-0.1, -0.05) is 11.6 Å². The molecule has 3 aliphatic rings. The zero-order chi connectivity index (χ0) is 17.0. The number of aromatic hydroxyl groups is 1. The van der Waals surface area contributed by atoms with Gasteiger partial charge in [0.15, 0.2) is 5.82 Å². The first-order valence-corrected chi connectivity index (χ1v) is 8.58. The minimum Gasteiger partial charge on any atom is -0.507 e. The van der Waals surface area contributed by atoms with Crippen molar-refractivity contribution in [1.82, 2.24) is 15.2 Å². The second-order valence-corrected chi connectivity index (χ2v) is 6.94. The maximum Gasteiger partial charge on any atom is 0.158 e. The molecule has 2 aromatic heterocycles. The van der Waals surface area contributed by atoms with Crippen molar-refractivity contribution in [2.45, 2.75) is 31.1 Å². The molecule has 1 saturated carbocycles. The maximum absolute atomic E-state index is 10.2. The van der Waals surface area contributed by atoms with Crippen LogP contribution in [-0.4, -0.2) is 38.5 Å². The number of ether oxygens (including phenoxy) is 1. The molecule has 2 N–H and O–H groups in total. The van der Waals surface area contributed by atoms with Gasteiger partial charge < -0.3 is 15.2 Å². The molecule has 2 unspecified atom stereocenters. The average molecular weight is 355 g/mol. The summed E-state index contributed by atoms with van der Waals surface area (Å²) in [6.07, 6.45) is 6.22. The second kappa shape index (κ2) is 5.54. The van der Waals surface area contributed by atoms with Gasteiger partial charge in [0, 0.05) is 40.2 Å². The molecule has 3 atom stereocenters. The number of fused-ring (bicyclic) bond motifs is 2. The first-order chi connectivity index (χ1) is 12.2. The number of halogens is 1. The number of benzene rings is 1. The van der Waals surface area contributed by atoms with Gasteiger partial charge in [-0.05, 0) is 30.7 Å². The lowest BCUT2D eigenvalue weighted by atomic mass is 10.0. The predicted octanol–water partition coefficient (Wildman–Crippen LogP) is 3.39. The first-order valence-electron chi connectivity index (χ1n) is 8.20. The summed E-state index contributed by atoms with van der Waals surface area (Å²) in [6.45, 7) is 0. The number of phenols is 1. The van der Waals surface area contributed by atoms with E-state index in [4.69, 9.17) is 16.3 Å². The Morgan fingerprint density at radius 1 is 1.16 bits per heavy atom. The smallest absolute Gasteiger partial charge is 0.158 e. The van der Waals surface area contributed by atoms with Gasteiger partial charge >= 0.3 is 0 Å². The molecule has 0 radical (unpaired) electrons. The molecule has 3 aromatic rings. The Hall–Kier alpha value is -2.44. The Morgan fingerprint density at radius 3 is 2.80 bits per heavy atom. The number of phenolic OH excluding ortho intramolecular Hbond substituents is 1. The monoisotopic (exact) mass is 354 g/mol. The highest BCUT2D eigenvalue weighted by atomic mass is 35.5. The SMILES string of the molecule is Oc1cc(Cl)ccc1-c1nnc(NC2CC3C[C@H]2O3)c2cnccc12. The van der Waals surface area contributed by atoms with Crippen LogP contribution in [0.15, 0.2) is 36.7 Å². The number of aromatic nitrogens is 3. The fourth-order valence-electron chi connectivity index (χ4n) is 3.68. The van der Waals surface area contributed by atoms with Crippen LogP contribution in [0, 0.1) is 0 Å². The molecule has 126 valence electrons. The third-order valence-corrected chi connectivity index (χ3v) is 5.18. The van der Waals surface area contributed by atoms with E-state index in [1.54, 1.807) is 24.5 Å². The summed E-state index contributed by atoms with van der Waals surface area (Å²) in [5, 5.41) is 24.6. The van der Waals surface area contributed by atoms with E-state index in [1.807, 2.05) is 6.07 Å². The van der Waals surface area contributed by atoms with Crippen LogP contribution in [0.5, 0.6) is 5.75 Å². The van der Waals surface area contributed by atoms with Crippen LogP contribution in [-0.2, 0) is 4.74 Å². The van der Waals surface area contributed by atoms with E-state index in [9.17, 15) is 5.11 Å². The molecule has 6 nitrogen and oxygen atoms in total. The van der Waals surface area contributed by atoms with E-state index in [0.29, 0.717) is 28.2 Å². The highest BCUT2D eigenvalue weighted by Crippen LogP contribution is 2.40. The largest absolute Gasteiger partial charge is 0.507 e. The van der Waals surface area contributed by atoms with Crippen molar-refractivity contribution in [1.29, 1.82) is 0 Å². The highest BCUT2D eigenvalue weighted by Gasteiger charge is 2.46. The molecule has 2 bridgehead atoms. The lowest BCUT2D eigenvalue weighted by Crippen LogP contribution is -2.33. The zero-order valence-electron chi connectivity index (χ0n) is 13.2. The van der Waals surface area contributed by atoms with Crippen molar-refractivity contribution in [3.63, 3.8) is 0 Å². The molecule has 0 amide bonds. The van der Waals surface area contributed by atoms with E-state index in [-0.39, 0.29) is 17.9 Å². The average Bonchev–Trinajstić information content (AvgIpc) is 3.15. The van der Waals surface area contributed by atoms with Crippen LogP contribution in [0.1, 0.15) is 12.8 Å². The minimum absolute atomic E-state index is 0.0747. The van der Waals surface area contributed by atoms with Gasteiger partial charge in [-0.25, -0.2) is 0 Å². The van der Waals surface area contributed by atoms with Crippen LogP contribution in [0.3, 0.4) is 0 Å². The minimum atomic E-state index is 0.0747. The van der Waals surface area contributed by atoms with Crippen molar-refractivity contribution < 1.29 is 9.84 Å². The van der Waals surface area contributed by atoms with Gasteiger partial charge in [-0.2, -0.15) is 0 Å². The van der Waals surface area contributed by atoms with Crippen molar-refractivity contribution in [2.24, 2.45) is 0 Å². The molecule has 7 heteroatoms. The molecule has 1 aliphatic carbocycles. The number of rotatable bonds is 3. The highest BCUT2D eigenvalue weighted by molar-refractivity contribution is 6.30. The fraction of sp³-hybridized carbons (Fsp3) is 0.278. The molecule has 3 fully saturated rings. The number of anilines is 1. The van der Waals surface area contributed by atoms with Crippen LogP contribution in [0.4, 0.5) is 5.82 Å². The maximum atomic E-state index is 10.2. The second-order valence-electron chi connectivity index (χ2n) is 6.50. The number of hydrogen-bond acceptors (Lipinski definition) is 6. The van der Waals surface area contributed by atoms with Crippen molar-refractivity contribution in [2.75, 3.05) is 5.32 Å². The predicted molar refractivity (Wildman–Crippen MR) is 94.7 cm³/mol. The standard InChI is InChI=1S/C18H15ClN4O2/c19-9-1-2-12(15(24)5-9)17-11-3-4-20-8-13(11)18(23-22-17)21-14-6-10-7-16(14)25-10/h1-5,8,10,14,16,24H,6-7H2,(H,21,23)/t10?,14?,16-/m1/s1. The Bertz CT molecular complexity index is 974. The van der Waals surface area contributed by atoms with Crippen LogP contribution < -0.4 is 5.32 Å². The Balaban J connectivity index is 1.60. The molecular formula is C18H15ClN4O2. The number of nitrogens with one attached hydrogen (secondary N) is 1. The topological polar surface area (TPSA) is 80.2 Å². The number of hydrogen-bond donors (Lipinski definition) is 2. The summed E-state index contributed by atoms with van der Waals surface area (Å²) in [5.41, 5.74) is 1.19.